The number of hydrogen-bond donors (Lipinski definition) is 0. The minimum Gasteiger partial charge on any atom is -0.340 e. The zero-order valence-electron chi connectivity index (χ0n) is 11.8. The van der Waals surface area contributed by atoms with E-state index in [0.717, 1.165) is 32.2 Å². The molecule has 0 saturated carbocycles. The predicted molar refractivity (Wildman–Crippen MR) is 79.0 cm³/mol. The number of rotatable bonds is 8. The minimum absolute atomic E-state index is 0.311. The molecule has 102 valence electrons. The fourth-order valence-electron chi connectivity index (χ4n) is 1.97. The second kappa shape index (κ2) is 8.30. The molecule has 2 nitrogen and oxygen atoms in total. The van der Waals surface area contributed by atoms with Gasteiger partial charge in [0.15, 0.2) is 0 Å². The number of carbonyl (C=O) groups excluding carboxylic acids is 1. The first-order valence-corrected chi connectivity index (χ1v) is 7.88. The molecule has 0 N–H and O–H groups in total. The van der Waals surface area contributed by atoms with Crippen LogP contribution in [0.2, 0.25) is 0 Å². The third kappa shape index (κ3) is 4.81. The van der Waals surface area contributed by atoms with Crippen LogP contribution in [0.25, 0.3) is 0 Å². The fourth-order valence-corrected chi connectivity index (χ4v) is 2.68. The molecule has 1 rings (SSSR count). The SMILES string of the molecule is CCCCN(C(=O)CCc1cccs1)C(C)CC. The highest BCUT2D eigenvalue weighted by Gasteiger charge is 2.17. The number of unbranched alkanes of at least 4 members (excludes halogenated alkanes) is 1. The Kier molecular flexibility index (Phi) is 7.02. The Morgan fingerprint density at radius 2 is 2.22 bits per heavy atom. The van der Waals surface area contributed by atoms with Crippen LogP contribution in [0.5, 0.6) is 0 Å². The van der Waals surface area contributed by atoms with Gasteiger partial charge in [-0.3, -0.25) is 4.79 Å². The summed E-state index contributed by atoms with van der Waals surface area (Å²) in [7, 11) is 0. The highest BCUT2D eigenvalue weighted by Crippen LogP contribution is 2.14. The molecule has 0 saturated heterocycles. The smallest absolute Gasteiger partial charge is 0.223 e. The molecule has 1 unspecified atom stereocenters. The van der Waals surface area contributed by atoms with Crippen molar-refractivity contribution in [2.45, 2.75) is 58.9 Å². The molecule has 1 heterocycles. The van der Waals surface area contributed by atoms with Crippen LogP contribution < -0.4 is 0 Å². The van der Waals surface area contributed by atoms with Crippen LogP contribution in [0.4, 0.5) is 0 Å². The van der Waals surface area contributed by atoms with Gasteiger partial charge in [-0.15, -0.1) is 11.3 Å². The van der Waals surface area contributed by atoms with Gasteiger partial charge < -0.3 is 4.90 Å². The molecular weight excluding hydrogens is 242 g/mol. The zero-order chi connectivity index (χ0) is 13.4. The predicted octanol–water partition coefficient (Wildman–Crippen LogP) is 4.11. The molecule has 0 spiro atoms. The van der Waals surface area contributed by atoms with Gasteiger partial charge in [-0.05, 0) is 37.6 Å². The normalized spacial score (nSPS) is 12.4. The van der Waals surface area contributed by atoms with E-state index in [1.807, 2.05) is 6.07 Å². The van der Waals surface area contributed by atoms with Crippen LogP contribution in [0.1, 0.15) is 51.3 Å². The summed E-state index contributed by atoms with van der Waals surface area (Å²) in [5.74, 6) is 0.311. The summed E-state index contributed by atoms with van der Waals surface area (Å²) in [6, 6.07) is 4.53. The molecule has 1 aromatic heterocycles. The lowest BCUT2D eigenvalue weighted by molar-refractivity contribution is -0.133. The van der Waals surface area contributed by atoms with Crippen molar-refractivity contribution in [1.82, 2.24) is 4.90 Å². The van der Waals surface area contributed by atoms with Crippen molar-refractivity contribution < 1.29 is 4.79 Å². The lowest BCUT2D eigenvalue weighted by atomic mass is 10.1. The van der Waals surface area contributed by atoms with Gasteiger partial charge >= 0.3 is 0 Å². The van der Waals surface area contributed by atoms with Crippen LogP contribution in [-0.4, -0.2) is 23.4 Å². The Labute approximate surface area is 115 Å². The highest BCUT2D eigenvalue weighted by molar-refractivity contribution is 7.09. The van der Waals surface area contributed by atoms with Crippen molar-refractivity contribution in [2.75, 3.05) is 6.54 Å². The van der Waals surface area contributed by atoms with E-state index in [0.29, 0.717) is 18.4 Å². The summed E-state index contributed by atoms with van der Waals surface area (Å²) in [4.78, 5) is 15.7. The third-order valence-electron chi connectivity index (χ3n) is 3.36. The summed E-state index contributed by atoms with van der Waals surface area (Å²) < 4.78 is 0. The lowest BCUT2D eigenvalue weighted by Gasteiger charge is -2.28. The van der Waals surface area contributed by atoms with Gasteiger partial charge in [-0.2, -0.15) is 0 Å². The average molecular weight is 267 g/mol. The van der Waals surface area contributed by atoms with Crippen LogP contribution in [0.15, 0.2) is 17.5 Å². The lowest BCUT2D eigenvalue weighted by Crippen LogP contribution is -2.39. The van der Waals surface area contributed by atoms with Crippen LogP contribution >= 0.6 is 11.3 Å². The molecule has 0 fully saturated rings. The Morgan fingerprint density at radius 3 is 2.78 bits per heavy atom. The zero-order valence-corrected chi connectivity index (χ0v) is 12.6. The van der Waals surface area contributed by atoms with Crippen molar-refractivity contribution in [3.63, 3.8) is 0 Å². The molecule has 3 heteroatoms. The average Bonchev–Trinajstić information content (AvgIpc) is 2.89. The molecule has 0 aliphatic carbocycles. The molecule has 1 atom stereocenters. The van der Waals surface area contributed by atoms with E-state index in [2.05, 4.69) is 37.1 Å². The van der Waals surface area contributed by atoms with Gasteiger partial charge in [0.25, 0.3) is 0 Å². The van der Waals surface area contributed by atoms with Crippen molar-refractivity contribution in [1.29, 1.82) is 0 Å². The van der Waals surface area contributed by atoms with Gasteiger partial charge in [-0.25, -0.2) is 0 Å². The van der Waals surface area contributed by atoms with Crippen LogP contribution in [0, 0.1) is 0 Å². The molecule has 1 aromatic rings. The van der Waals surface area contributed by atoms with E-state index >= 15 is 0 Å². The van der Waals surface area contributed by atoms with Gasteiger partial charge in [0.1, 0.15) is 0 Å². The standard InChI is InChI=1S/C15H25NOS/c1-4-6-11-16(13(3)5-2)15(17)10-9-14-8-7-12-18-14/h7-8,12-13H,4-6,9-11H2,1-3H3. The number of aryl methyl sites for hydroxylation is 1. The van der Waals surface area contributed by atoms with Crippen molar-refractivity contribution in [2.24, 2.45) is 0 Å². The molecule has 1 amide bonds. The van der Waals surface area contributed by atoms with E-state index in [1.54, 1.807) is 11.3 Å². The highest BCUT2D eigenvalue weighted by atomic mass is 32.1. The van der Waals surface area contributed by atoms with Gasteiger partial charge in [0.05, 0.1) is 0 Å². The minimum atomic E-state index is 0.311. The van der Waals surface area contributed by atoms with E-state index in [9.17, 15) is 4.79 Å². The fraction of sp³-hybridized carbons (Fsp3) is 0.667. The Hall–Kier alpha value is -0.830. The first-order valence-electron chi connectivity index (χ1n) is 7.00. The Balaban J connectivity index is 2.47. The summed E-state index contributed by atoms with van der Waals surface area (Å²) in [6.45, 7) is 7.38. The second-order valence-corrected chi connectivity index (χ2v) is 5.81. The number of carbonyl (C=O) groups is 1. The molecule has 0 aliphatic rings. The van der Waals surface area contributed by atoms with Crippen molar-refractivity contribution in [3.05, 3.63) is 22.4 Å². The largest absolute Gasteiger partial charge is 0.340 e. The van der Waals surface area contributed by atoms with E-state index in [4.69, 9.17) is 0 Å². The Morgan fingerprint density at radius 1 is 1.44 bits per heavy atom. The summed E-state index contributed by atoms with van der Waals surface area (Å²) in [6.07, 6.45) is 4.82. The summed E-state index contributed by atoms with van der Waals surface area (Å²) in [5.41, 5.74) is 0. The van der Waals surface area contributed by atoms with E-state index in [1.165, 1.54) is 4.88 Å². The molecule has 0 bridgehead atoms. The molecule has 18 heavy (non-hydrogen) atoms. The maximum atomic E-state index is 12.3. The van der Waals surface area contributed by atoms with Gasteiger partial charge in [0.2, 0.25) is 5.91 Å². The molecule has 0 aliphatic heterocycles. The van der Waals surface area contributed by atoms with Crippen LogP contribution in [-0.2, 0) is 11.2 Å². The first kappa shape index (κ1) is 15.2. The van der Waals surface area contributed by atoms with E-state index < -0.39 is 0 Å². The van der Waals surface area contributed by atoms with Gasteiger partial charge in [0, 0.05) is 23.9 Å². The summed E-state index contributed by atoms with van der Waals surface area (Å²) in [5, 5.41) is 2.07. The monoisotopic (exact) mass is 267 g/mol. The third-order valence-corrected chi connectivity index (χ3v) is 4.30. The van der Waals surface area contributed by atoms with E-state index in [-0.39, 0.29) is 0 Å². The quantitative estimate of drug-likeness (QED) is 0.694. The Bertz CT molecular complexity index is 334. The number of nitrogens with zero attached hydrogens (tertiary/aromatic N) is 1. The number of hydrogen-bond acceptors (Lipinski definition) is 2. The van der Waals surface area contributed by atoms with Crippen molar-refractivity contribution >= 4 is 17.2 Å². The number of amides is 1. The van der Waals surface area contributed by atoms with Crippen LogP contribution in [0.3, 0.4) is 0 Å². The first-order chi connectivity index (χ1) is 8.69. The molecular formula is C15H25NOS. The maximum absolute atomic E-state index is 12.3. The molecule has 0 radical (unpaired) electrons. The van der Waals surface area contributed by atoms with Crippen molar-refractivity contribution in [3.8, 4) is 0 Å². The molecule has 0 aromatic carbocycles. The maximum Gasteiger partial charge on any atom is 0.223 e. The summed E-state index contributed by atoms with van der Waals surface area (Å²) >= 11 is 1.74. The number of thiophene rings is 1. The topological polar surface area (TPSA) is 20.3 Å². The second-order valence-electron chi connectivity index (χ2n) is 4.78. The van der Waals surface area contributed by atoms with Gasteiger partial charge in [-0.1, -0.05) is 26.3 Å².